The smallest absolute Gasteiger partial charge is 0.124 e. The van der Waals surface area contributed by atoms with E-state index < -0.39 is 0 Å². The lowest BCUT2D eigenvalue weighted by molar-refractivity contribution is 0.122. The Bertz CT molecular complexity index is 1090. The summed E-state index contributed by atoms with van der Waals surface area (Å²) < 4.78 is 11.5. The molecule has 0 aliphatic carbocycles. The van der Waals surface area contributed by atoms with Crippen molar-refractivity contribution in [3.63, 3.8) is 0 Å². The molecule has 4 nitrogen and oxygen atoms in total. The SMILES string of the molecule is Clc1ccc(OCc2ccc(Cl)c(Cl)c2)c(CNc2ccc(N3CCOCC3)c(Cl)c2)c1. The highest BCUT2D eigenvalue weighted by atomic mass is 35.5. The molecule has 4 rings (SSSR count). The highest BCUT2D eigenvalue weighted by Crippen LogP contribution is 2.31. The lowest BCUT2D eigenvalue weighted by atomic mass is 10.2. The first-order chi connectivity index (χ1) is 15.5. The molecule has 1 heterocycles. The highest BCUT2D eigenvalue weighted by Gasteiger charge is 2.14. The maximum atomic E-state index is 6.55. The van der Waals surface area contributed by atoms with Crippen molar-refractivity contribution < 1.29 is 9.47 Å². The van der Waals surface area contributed by atoms with E-state index >= 15 is 0 Å². The first-order valence-corrected chi connectivity index (χ1v) is 11.7. The average Bonchev–Trinajstić information content (AvgIpc) is 2.80. The van der Waals surface area contributed by atoms with Gasteiger partial charge in [-0.3, -0.25) is 0 Å². The molecule has 32 heavy (non-hydrogen) atoms. The van der Waals surface area contributed by atoms with Crippen molar-refractivity contribution in [3.8, 4) is 5.75 Å². The Kier molecular flexibility index (Phi) is 7.93. The van der Waals surface area contributed by atoms with E-state index in [0.29, 0.717) is 33.2 Å². The summed E-state index contributed by atoms with van der Waals surface area (Å²) in [7, 11) is 0. The van der Waals surface area contributed by atoms with Crippen molar-refractivity contribution in [2.45, 2.75) is 13.2 Å². The molecule has 8 heteroatoms. The monoisotopic (exact) mass is 510 g/mol. The zero-order chi connectivity index (χ0) is 22.5. The summed E-state index contributed by atoms with van der Waals surface area (Å²) in [5.74, 6) is 0.740. The van der Waals surface area contributed by atoms with Gasteiger partial charge in [0.15, 0.2) is 0 Å². The molecule has 3 aromatic rings. The third kappa shape index (κ3) is 5.94. The fraction of sp³-hybridized carbons (Fsp3) is 0.250. The van der Waals surface area contributed by atoms with Crippen LogP contribution in [0.25, 0.3) is 0 Å². The fourth-order valence-corrected chi connectivity index (χ4v) is 4.31. The van der Waals surface area contributed by atoms with E-state index in [9.17, 15) is 0 Å². The number of nitrogens with one attached hydrogen (secondary N) is 1. The van der Waals surface area contributed by atoms with E-state index in [-0.39, 0.29) is 0 Å². The van der Waals surface area contributed by atoms with E-state index in [1.54, 1.807) is 12.1 Å². The molecule has 1 aliphatic heterocycles. The van der Waals surface area contributed by atoms with Crippen molar-refractivity contribution in [1.82, 2.24) is 0 Å². The average molecular weight is 512 g/mol. The fourth-order valence-electron chi connectivity index (χ4n) is 3.49. The number of benzene rings is 3. The molecule has 168 valence electrons. The van der Waals surface area contributed by atoms with Crippen molar-refractivity contribution >= 4 is 57.8 Å². The van der Waals surface area contributed by atoms with Crippen LogP contribution in [0.1, 0.15) is 11.1 Å². The van der Waals surface area contributed by atoms with Gasteiger partial charge in [0.25, 0.3) is 0 Å². The third-order valence-corrected chi connectivity index (χ3v) is 6.46. The lowest BCUT2D eigenvalue weighted by Crippen LogP contribution is -2.36. The molecule has 0 radical (unpaired) electrons. The number of rotatable bonds is 7. The van der Waals surface area contributed by atoms with Crippen LogP contribution < -0.4 is 15.0 Å². The Morgan fingerprint density at radius 3 is 2.41 bits per heavy atom. The van der Waals surface area contributed by atoms with Crippen LogP contribution in [0.5, 0.6) is 5.75 Å². The van der Waals surface area contributed by atoms with Gasteiger partial charge in [-0.25, -0.2) is 0 Å². The van der Waals surface area contributed by atoms with Gasteiger partial charge in [-0.2, -0.15) is 0 Å². The maximum absolute atomic E-state index is 6.55. The van der Waals surface area contributed by atoms with E-state index in [1.165, 1.54) is 0 Å². The number of hydrogen-bond donors (Lipinski definition) is 1. The highest BCUT2D eigenvalue weighted by molar-refractivity contribution is 6.42. The molecule has 0 bridgehead atoms. The Morgan fingerprint density at radius 2 is 1.66 bits per heavy atom. The molecule has 0 saturated carbocycles. The van der Waals surface area contributed by atoms with Crippen LogP contribution in [0.3, 0.4) is 0 Å². The summed E-state index contributed by atoms with van der Waals surface area (Å²) in [5.41, 5.74) is 3.81. The largest absolute Gasteiger partial charge is 0.489 e. The van der Waals surface area contributed by atoms with Gasteiger partial charge in [0.05, 0.1) is 34.0 Å². The second-order valence-electron chi connectivity index (χ2n) is 7.41. The molecule has 0 amide bonds. The Labute approximate surface area is 207 Å². The van der Waals surface area contributed by atoms with Crippen molar-refractivity contribution in [2.24, 2.45) is 0 Å². The molecule has 0 atom stereocenters. The predicted molar refractivity (Wildman–Crippen MR) is 134 cm³/mol. The number of halogens is 4. The van der Waals surface area contributed by atoms with Gasteiger partial charge in [0, 0.05) is 35.9 Å². The zero-order valence-corrected chi connectivity index (χ0v) is 20.2. The van der Waals surface area contributed by atoms with Crippen molar-refractivity contribution in [3.05, 3.63) is 85.8 Å². The number of nitrogens with zero attached hydrogens (tertiary/aromatic N) is 1. The summed E-state index contributed by atoms with van der Waals surface area (Å²) in [6.07, 6.45) is 0. The maximum Gasteiger partial charge on any atom is 0.124 e. The Morgan fingerprint density at radius 1 is 0.844 bits per heavy atom. The molecule has 1 fully saturated rings. The van der Waals surface area contributed by atoms with Crippen molar-refractivity contribution in [2.75, 3.05) is 36.5 Å². The normalized spacial score (nSPS) is 13.8. The van der Waals surface area contributed by atoms with E-state index in [2.05, 4.69) is 10.2 Å². The first kappa shape index (κ1) is 23.3. The minimum absolute atomic E-state index is 0.367. The van der Waals surface area contributed by atoms with Gasteiger partial charge in [-0.15, -0.1) is 0 Å². The van der Waals surface area contributed by atoms with Gasteiger partial charge in [0.2, 0.25) is 0 Å². The summed E-state index contributed by atoms with van der Waals surface area (Å²) in [4.78, 5) is 2.24. The quantitative estimate of drug-likeness (QED) is 0.360. The van der Waals surface area contributed by atoms with Crippen LogP contribution in [0.15, 0.2) is 54.6 Å². The number of anilines is 2. The van der Waals surface area contributed by atoms with Gasteiger partial charge >= 0.3 is 0 Å². The Balaban J connectivity index is 1.43. The number of ether oxygens (including phenoxy) is 2. The summed E-state index contributed by atoms with van der Waals surface area (Å²) in [5, 5.41) is 5.78. The third-order valence-electron chi connectivity index (χ3n) is 5.18. The molecule has 1 aliphatic rings. The molecule has 0 spiro atoms. The summed E-state index contributed by atoms with van der Waals surface area (Å²) >= 11 is 24.9. The van der Waals surface area contributed by atoms with E-state index in [1.807, 2.05) is 42.5 Å². The second kappa shape index (κ2) is 10.9. The van der Waals surface area contributed by atoms with Crippen LogP contribution in [0.4, 0.5) is 11.4 Å². The summed E-state index contributed by atoms with van der Waals surface area (Å²) in [6, 6.07) is 17.0. The van der Waals surface area contributed by atoms with Crippen LogP contribution in [0.2, 0.25) is 20.1 Å². The van der Waals surface area contributed by atoms with Gasteiger partial charge in [-0.1, -0.05) is 52.5 Å². The molecule has 0 aromatic heterocycles. The minimum atomic E-state index is 0.367. The summed E-state index contributed by atoms with van der Waals surface area (Å²) in [6.45, 7) is 4.02. The van der Waals surface area contributed by atoms with E-state index in [4.69, 9.17) is 55.9 Å². The van der Waals surface area contributed by atoms with Gasteiger partial charge in [-0.05, 0) is 54.1 Å². The standard InChI is InChI=1S/C24H22Cl4N2O2/c25-18-2-6-24(32-15-16-1-4-20(26)21(27)11-16)17(12-18)14-29-19-3-5-23(22(28)13-19)30-7-9-31-10-8-30/h1-6,11-13,29H,7-10,14-15H2. The zero-order valence-electron chi connectivity index (χ0n) is 17.2. The van der Waals surface area contributed by atoms with Crippen LogP contribution >= 0.6 is 46.4 Å². The van der Waals surface area contributed by atoms with Gasteiger partial charge in [0.1, 0.15) is 12.4 Å². The predicted octanol–water partition coefficient (Wildman–Crippen LogP) is 7.33. The molecule has 3 aromatic carbocycles. The second-order valence-corrected chi connectivity index (χ2v) is 9.07. The molecular weight excluding hydrogens is 490 g/mol. The number of morpholine rings is 1. The van der Waals surface area contributed by atoms with Gasteiger partial charge < -0.3 is 19.7 Å². The Hall–Kier alpha value is -1.82. The topological polar surface area (TPSA) is 33.7 Å². The first-order valence-electron chi connectivity index (χ1n) is 10.2. The molecule has 1 saturated heterocycles. The number of hydrogen-bond acceptors (Lipinski definition) is 4. The van der Waals surface area contributed by atoms with Crippen LogP contribution in [0, 0.1) is 0 Å². The van der Waals surface area contributed by atoms with Crippen LogP contribution in [-0.4, -0.2) is 26.3 Å². The van der Waals surface area contributed by atoms with E-state index in [0.717, 1.165) is 54.6 Å². The molecule has 1 N–H and O–H groups in total. The molecular formula is C24H22Cl4N2O2. The van der Waals surface area contributed by atoms with Crippen LogP contribution in [-0.2, 0) is 17.9 Å². The lowest BCUT2D eigenvalue weighted by Gasteiger charge is -2.29. The minimum Gasteiger partial charge on any atom is -0.489 e. The van der Waals surface area contributed by atoms with Crippen molar-refractivity contribution in [1.29, 1.82) is 0 Å². The molecule has 0 unspecified atom stereocenters.